The summed E-state index contributed by atoms with van der Waals surface area (Å²) in [6.45, 7) is 2.87. The molecule has 0 aliphatic rings. The Balaban J connectivity index is 1.97. The lowest BCUT2D eigenvalue weighted by atomic mass is 10.1. The van der Waals surface area contributed by atoms with E-state index >= 15 is 0 Å². The predicted octanol–water partition coefficient (Wildman–Crippen LogP) is 3.98. The van der Waals surface area contributed by atoms with Gasteiger partial charge in [-0.15, -0.1) is 0 Å². The van der Waals surface area contributed by atoms with Gasteiger partial charge in [0.25, 0.3) is 5.56 Å². The fourth-order valence-corrected chi connectivity index (χ4v) is 2.59. The van der Waals surface area contributed by atoms with Crippen molar-refractivity contribution in [1.82, 2.24) is 4.98 Å². The van der Waals surface area contributed by atoms with Crippen LogP contribution in [-0.2, 0) is 0 Å². The molecule has 0 amide bonds. The van der Waals surface area contributed by atoms with E-state index < -0.39 is 5.56 Å². The van der Waals surface area contributed by atoms with Gasteiger partial charge in [0.05, 0.1) is 19.2 Å². The minimum atomic E-state index is -0.453. The van der Waals surface area contributed by atoms with Crippen LogP contribution in [-0.4, -0.2) is 23.8 Å². The zero-order chi connectivity index (χ0) is 16.7. The van der Waals surface area contributed by atoms with Crippen molar-refractivity contribution in [2.45, 2.75) is 45.4 Å². The maximum absolute atomic E-state index is 11.8. The van der Waals surface area contributed by atoms with Crippen LogP contribution >= 0.6 is 0 Å². The van der Waals surface area contributed by atoms with E-state index in [4.69, 9.17) is 9.47 Å². The van der Waals surface area contributed by atoms with Gasteiger partial charge in [0.2, 0.25) is 5.75 Å². The Morgan fingerprint density at radius 2 is 1.87 bits per heavy atom. The van der Waals surface area contributed by atoms with Crippen LogP contribution in [0.2, 0.25) is 0 Å². The van der Waals surface area contributed by atoms with Gasteiger partial charge in [0.15, 0.2) is 5.75 Å². The van der Waals surface area contributed by atoms with E-state index in [-0.39, 0.29) is 11.5 Å². The third-order valence-electron chi connectivity index (χ3n) is 3.89. The molecule has 0 saturated carbocycles. The molecule has 1 heterocycles. The number of hydrogen-bond acceptors (Lipinski definition) is 4. The van der Waals surface area contributed by atoms with Gasteiger partial charge in [-0.05, 0) is 18.6 Å². The first-order valence-electron chi connectivity index (χ1n) is 8.23. The third kappa shape index (κ3) is 4.41. The molecule has 0 unspecified atom stereocenters. The van der Waals surface area contributed by atoms with Crippen molar-refractivity contribution in [2.24, 2.45) is 0 Å². The van der Waals surface area contributed by atoms with Gasteiger partial charge in [0.1, 0.15) is 5.75 Å². The smallest absolute Gasteiger partial charge is 0.294 e. The quantitative estimate of drug-likeness (QED) is 0.686. The number of nitrogens with one attached hydrogen (secondary N) is 1. The summed E-state index contributed by atoms with van der Waals surface area (Å²) in [4.78, 5) is 14.5. The van der Waals surface area contributed by atoms with Gasteiger partial charge in [-0.3, -0.25) is 4.79 Å². The average molecular weight is 319 g/mol. The van der Waals surface area contributed by atoms with E-state index in [1.54, 1.807) is 18.2 Å². The monoisotopic (exact) mass is 319 g/mol. The molecule has 5 heteroatoms. The molecule has 0 atom stereocenters. The number of unbranched alkanes of at least 4 members (excludes halogenated alkanes) is 5. The van der Waals surface area contributed by atoms with Crippen LogP contribution in [0.15, 0.2) is 23.0 Å². The number of rotatable bonds is 9. The second-order valence-electron chi connectivity index (χ2n) is 5.66. The molecule has 0 saturated heterocycles. The van der Waals surface area contributed by atoms with Crippen LogP contribution < -0.4 is 15.0 Å². The summed E-state index contributed by atoms with van der Waals surface area (Å²) in [7, 11) is 1.36. The van der Waals surface area contributed by atoms with Crippen molar-refractivity contribution in [2.75, 3.05) is 13.7 Å². The minimum absolute atomic E-state index is 0.0711. The molecule has 5 nitrogen and oxygen atoms in total. The Morgan fingerprint density at radius 1 is 1.13 bits per heavy atom. The molecule has 23 heavy (non-hydrogen) atoms. The average Bonchev–Trinajstić information content (AvgIpc) is 2.54. The van der Waals surface area contributed by atoms with Crippen molar-refractivity contribution in [3.05, 3.63) is 28.6 Å². The first-order valence-corrected chi connectivity index (χ1v) is 8.23. The van der Waals surface area contributed by atoms with E-state index in [2.05, 4.69) is 11.9 Å². The van der Waals surface area contributed by atoms with E-state index in [9.17, 15) is 9.90 Å². The normalized spacial score (nSPS) is 10.9. The standard InChI is InChI=1S/C18H25NO4/c1-3-4-5-6-7-8-11-23-13-9-10-14-15(12-13)19-18(21)17(22-2)16(14)20/h9-10,12H,3-8,11H2,1-2H3,(H2,19,20,21). The number of pyridine rings is 1. The Bertz CT molecular complexity index is 693. The molecule has 2 aromatic rings. The van der Waals surface area contributed by atoms with Gasteiger partial charge >= 0.3 is 0 Å². The van der Waals surface area contributed by atoms with E-state index in [0.29, 0.717) is 23.3 Å². The van der Waals surface area contributed by atoms with Gasteiger partial charge in [0, 0.05) is 11.5 Å². The Labute approximate surface area is 136 Å². The molecule has 1 aromatic heterocycles. The van der Waals surface area contributed by atoms with Crippen LogP contribution in [0.1, 0.15) is 45.4 Å². The molecular formula is C18H25NO4. The number of fused-ring (bicyclic) bond motifs is 1. The molecule has 0 aliphatic carbocycles. The topological polar surface area (TPSA) is 71.5 Å². The summed E-state index contributed by atoms with van der Waals surface area (Å²) in [5.74, 6) is 0.471. The van der Waals surface area contributed by atoms with Gasteiger partial charge in [-0.25, -0.2) is 0 Å². The van der Waals surface area contributed by atoms with E-state index in [0.717, 1.165) is 6.42 Å². The lowest BCUT2D eigenvalue weighted by Crippen LogP contribution is -2.09. The van der Waals surface area contributed by atoms with E-state index in [1.165, 1.54) is 39.2 Å². The van der Waals surface area contributed by atoms with Crippen molar-refractivity contribution in [3.63, 3.8) is 0 Å². The second kappa shape index (κ2) is 8.46. The highest BCUT2D eigenvalue weighted by atomic mass is 16.5. The van der Waals surface area contributed by atoms with Crippen molar-refractivity contribution < 1.29 is 14.6 Å². The van der Waals surface area contributed by atoms with E-state index in [1.807, 2.05) is 0 Å². The number of aromatic nitrogens is 1. The Morgan fingerprint density at radius 3 is 2.61 bits per heavy atom. The Hall–Kier alpha value is -2.17. The summed E-state index contributed by atoms with van der Waals surface area (Å²) >= 11 is 0. The number of methoxy groups -OCH3 is 1. The van der Waals surface area contributed by atoms with Crippen molar-refractivity contribution >= 4 is 10.9 Å². The van der Waals surface area contributed by atoms with Gasteiger partial charge in [-0.1, -0.05) is 39.0 Å². The van der Waals surface area contributed by atoms with Crippen LogP contribution in [0.25, 0.3) is 10.9 Å². The molecule has 0 aliphatic heterocycles. The molecule has 0 spiro atoms. The zero-order valence-electron chi connectivity index (χ0n) is 13.9. The van der Waals surface area contributed by atoms with Crippen molar-refractivity contribution in [3.8, 4) is 17.2 Å². The van der Waals surface area contributed by atoms with Crippen LogP contribution in [0.5, 0.6) is 17.2 Å². The molecule has 126 valence electrons. The largest absolute Gasteiger partial charge is 0.504 e. The number of ether oxygens (including phenoxy) is 2. The summed E-state index contributed by atoms with van der Waals surface area (Å²) in [6.07, 6.45) is 7.27. The Kier molecular flexibility index (Phi) is 6.32. The molecule has 2 N–H and O–H groups in total. The number of aromatic hydroxyl groups is 1. The minimum Gasteiger partial charge on any atom is -0.504 e. The number of aromatic amines is 1. The highest BCUT2D eigenvalue weighted by molar-refractivity contribution is 5.87. The highest BCUT2D eigenvalue weighted by Gasteiger charge is 2.12. The summed E-state index contributed by atoms with van der Waals surface area (Å²) < 4.78 is 10.6. The highest BCUT2D eigenvalue weighted by Crippen LogP contribution is 2.31. The molecular weight excluding hydrogens is 294 g/mol. The maximum atomic E-state index is 11.8. The maximum Gasteiger partial charge on any atom is 0.294 e. The first kappa shape index (κ1) is 17.2. The number of hydrogen-bond donors (Lipinski definition) is 2. The fraction of sp³-hybridized carbons (Fsp3) is 0.500. The predicted molar refractivity (Wildman–Crippen MR) is 91.7 cm³/mol. The zero-order valence-corrected chi connectivity index (χ0v) is 13.9. The number of benzene rings is 1. The van der Waals surface area contributed by atoms with Crippen molar-refractivity contribution in [1.29, 1.82) is 0 Å². The summed E-state index contributed by atoms with van der Waals surface area (Å²) in [5.41, 5.74) is 0.0827. The number of H-pyrrole nitrogens is 1. The van der Waals surface area contributed by atoms with Crippen LogP contribution in [0.4, 0.5) is 0 Å². The molecule has 0 fully saturated rings. The first-order chi connectivity index (χ1) is 11.2. The SMILES string of the molecule is CCCCCCCCOc1ccc2c(O)c(OC)c(=O)[nH]c2c1. The molecule has 0 radical (unpaired) electrons. The molecule has 0 bridgehead atoms. The second-order valence-corrected chi connectivity index (χ2v) is 5.66. The third-order valence-corrected chi connectivity index (χ3v) is 3.89. The van der Waals surface area contributed by atoms with Crippen LogP contribution in [0.3, 0.4) is 0 Å². The fourth-order valence-electron chi connectivity index (χ4n) is 2.59. The summed E-state index contributed by atoms with van der Waals surface area (Å²) in [5, 5.41) is 10.6. The summed E-state index contributed by atoms with van der Waals surface area (Å²) in [6, 6.07) is 5.24. The van der Waals surface area contributed by atoms with Gasteiger partial charge < -0.3 is 19.6 Å². The van der Waals surface area contributed by atoms with Gasteiger partial charge in [-0.2, -0.15) is 0 Å². The molecule has 1 aromatic carbocycles. The molecule has 2 rings (SSSR count). The lowest BCUT2D eigenvalue weighted by Gasteiger charge is -2.09. The van der Waals surface area contributed by atoms with Crippen LogP contribution in [0, 0.1) is 0 Å². The lowest BCUT2D eigenvalue weighted by molar-refractivity contribution is 0.304.